The predicted octanol–water partition coefficient (Wildman–Crippen LogP) is 2.35. The Morgan fingerprint density at radius 3 is 2.77 bits per heavy atom. The number of rotatable bonds is 1. The molecule has 2 rings (SSSR count). The monoisotopic (exact) mass is 238 g/mol. The lowest BCUT2D eigenvalue weighted by molar-refractivity contribution is 0.547. The Morgan fingerprint density at radius 1 is 1.46 bits per heavy atom. The summed E-state index contributed by atoms with van der Waals surface area (Å²) in [6.07, 6.45) is 5.98. The Hall–Kier alpha value is -0.670. The zero-order valence-electron chi connectivity index (χ0n) is 7.20. The van der Waals surface area contributed by atoms with Gasteiger partial charge in [0.25, 0.3) is 0 Å². The molecule has 0 atom stereocenters. The van der Waals surface area contributed by atoms with Crippen LogP contribution in [0.4, 0.5) is 0 Å². The third-order valence-electron chi connectivity index (χ3n) is 2.15. The molecule has 68 valence electrons. The molecule has 2 N–H and O–H groups in total. The Kier molecular flexibility index (Phi) is 2.47. The molecule has 0 aliphatic heterocycles. The molecule has 0 amide bonds. The minimum Gasteiger partial charge on any atom is -0.327 e. The third kappa shape index (κ3) is 2.17. The van der Waals surface area contributed by atoms with E-state index in [1.54, 1.807) is 0 Å². The molecule has 1 aromatic heterocycles. The Labute approximate surface area is 86.0 Å². The molecular formula is C10H11BrN2. The predicted molar refractivity (Wildman–Crippen MR) is 57.1 cm³/mol. The molecule has 3 heteroatoms. The zero-order valence-corrected chi connectivity index (χ0v) is 8.79. The molecule has 0 unspecified atom stereocenters. The lowest BCUT2D eigenvalue weighted by Gasteiger charge is -2.24. The molecule has 1 aromatic rings. The topological polar surface area (TPSA) is 38.9 Å². The number of pyridine rings is 1. The fourth-order valence-electron chi connectivity index (χ4n) is 1.41. The van der Waals surface area contributed by atoms with Gasteiger partial charge in [0.2, 0.25) is 0 Å². The highest BCUT2D eigenvalue weighted by Crippen LogP contribution is 2.26. The van der Waals surface area contributed by atoms with Gasteiger partial charge < -0.3 is 5.73 Å². The maximum Gasteiger partial charge on any atom is 0.0630 e. The van der Waals surface area contributed by atoms with Crippen LogP contribution in [0.15, 0.2) is 28.4 Å². The average molecular weight is 239 g/mol. The van der Waals surface area contributed by atoms with E-state index in [-0.39, 0.29) is 0 Å². The van der Waals surface area contributed by atoms with E-state index in [9.17, 15) is 0 Å². The molecule has 1 heterocycles. The highest BCUT2D eigenvalue weighted by molar-refractivity contribution is 9.10. The van der Waals surface area contributed by atoms with Crippen molar-refractivity contribution in [3.63, 3.8) is 0 Å². The van der Waals surface area contributed by atoms with Crippen LogP contribution in [0.3, 0.4) is 0 Å². The van der Waals surface area contributed by atoms with Gasteiger partial charge in [-0.2, -0.15) is 0 Å². The van der Waals surface area contributed by atoms with Crippen molar-refractivity contribution in [2.45, 2.75) is 18.9 Å². The van der Waals surface area contributed by atoms with Crippen LogP contribution < -0.4 is 5.73 Å². The molecule has 1 aliphatic carbocycles. The van der Waals surface area contributed by atoms with Crippen LogP contribution in [0, 0.1) is 0 Å². The fourth-order valence-corrected chi connectivity index (χ4v) is 1.65. The van der Waals surface area contributed by atoms with E-state index in [4.69, 9.17) is 5.73 Å². The molecule has 1 fully saturated rings. The van der Waals surface area contributed by atoms with Crippen LogP contribution in [0.25, 0.3) is 6.08 Å². The van der Waals surface area contributed by atoms with Crippen molar-refractivity contribution in [3.05, 3.63) is 34.1 Å². The molecule has 1 saturated carbocycles. The van der Waals surface area contributed by atoms with Crippen molar-refractivity contribution < 1.29 is 0 Å². The van der Waals surface area contributed by atoms with E-state index in [0.717, 1.165) is 23.0 Å². The molecule has 0 saturated heterocycles. The summed E-state index contributed by atoms with van der Waals surface area (Å²) in [5.74, 6) is 0. The van der Waals surface area contributed by atoms with Crippen LogP contribution >= 0.6 is 15.9 Å². The molecule has 1 aliphatic rings. The second-order valence-corrected chi connectivity index (χ2v) is 4.29. The zero-order chi connectivity index (χ0) is 9.26. The van der Waals surface area contributed by atoms with E-state index in [0.29, 0.717) is 6.04 Å². The van der Waals surface area contributed by atoms with Crippen molar-refractivity contribution in [1.82, 2.24) is 4.98 Å². The minimum absolute atomic E-state index is 0.377. The summed E-state index contributed by atoms with van der Waals surface area (Å²) >= 11 is 3.35. The largest absolute Gasteiger partial charge is 0.327 e. The minimum atomic E-state index is 0.377. The van der Waals surface area contributed by atoms with Crippen LogP contribution in [0.1, 0.15) is 18.5 Å². The summed E-state index contributed by atoms with van der Waals surface area (Å²) in [6, 6.07) is 4.38. The number of aromatic nitrogens is 1. The normalized spacial score (nSPS) is 21.1. The summed E-state index contributed by atoms with van der Waals surface area (Å²) in [5.41, 5.74) is 8.10. The smallest absolute Gasteiger partial charge is 0.0630 e. The second kappa shape index (κ2) is 3.60. The van der Waals surface area contributed by atoms with Crippen molar-refractivity contribution in [2.75, 3.05) is 0 Å². The standard InChI is InChI=1S/C10H11BrN2/c11-8-1-2-10(13-6-8)5-7-3-9(12)4-7/h1-2,5-6,9H,3-4,12H2. The Bertz CT molecular complexity index is 321. The molecule has 0 spiro atoms. The Morgan fingerprint density at radius 2 is 2.23 bits per heavy atom. The van der Waals surface area contributed by atoms with Crippen LogP contribution in [-0.4, -0.2) is 11.0 Å². The van der Waals surface area contributed by atoms with Crippen LogP contribution in [0.2, 0.25) is 0 Å². The third-order valence-corrected chi connectivity index (χ3v) is 2.62. The van der Waals surface area contributed by atoms with Crippen molar-refractivity contribution >= 4 is 22.0 Å². The van der Waals surface area contributed by atoms with Crippen molar-refractivity contribution in [2.24, 2.45) is 5.73 Å². The van der Waals surface area contributed by atoms with E-state index >= 15 is 0 Å². The molecular weight excluding hydrogens is 228 g/mol. The lowest BCUT2D eigenvalue weighted by atomic mass is 9.86. The number of hydrogen-bond acceptors (Lipinski definition) is 2. The first kappa shape index (κ1) is 8.91. The first-order valence-corrected chi connectivity index (χ1v) is 5.10. The summed E-state index contributed by atoms with van der Waals surface area (Å²) in [5, 5.41) is 0. The maximum absolute atomic E-state index is 5.68. The number of nitrogens with two attached hydrogens (primary N) is 1. The highest BCUT2D eigenvalue weighted by Gasteiger charge is 2.18. The first-order chi connectivity index (χ1) is 6.24. The summed E-state index contributed by atoms with van der Waals surface area (Å²) in [4.78, 5) is 4.26. The van der Waals surface area contributed by atoms with Gasteiger partial charge in [0.15, 0.2) is 0 Å². The quantitative estimate of drug-likeness (QED) is 0.816. The highest BCUT2D eigenvalue weighted by atomic mass is 79.9. The van der Waals surface area contributed by atoms with E-state index in [1.165, 1.54) is 5.57 Å². The van der Waals surface area contributed by atoms with E-state index in [1.807, 2.05) is 18.3 Å². The Balaban J connectivity index is 2.10. The summed E-state index contributed by atoms with van der Waals surface area (Å²) in [7, 11) is 0. The second-order valence-electron chi connectivity index (χ2n) is 3.37. The van der Waals surface area contributed by atoms with Gasteiger partial charge in [-0.3, -0.25) is 4.98 Å². The maximum atomic E-state index is 5.68. The van der Waals surface area contributed by atoms with Gasteiger partial charge in [-0.1, -0.05) is 5.57 Å². The van der Waals surface area contributed by atoms with Gasteiger partial charge in [-0.15, -0.1) is 0 Å². The molecule has 0 aromatic carbocycles. The molecule has 0 bridgehead atoms. The van der Waals surface area contributed by atoms with Crippen molar-refractivity contribution in [1.29, 1.82) is 0 Å². The van der Waals surface area contributed by atoms with Gasteiger partial charge in [-0.05, 0) is 47.0 Å². The number of nitrogens with zero attached hydrogens (tertiary/aromatic N) is 1. The fraction of sp³-hybridized carbons (Fsp3) is 0.300. The number of hydrogen-bond donors (Lipinski definition) is 1. The van der Waals surface area contributed by atoms with Crippen LogP contribution in [0.5, 0.6) is 0 Å². The molecule has 2 nitrogen and oxygen atoms in total. The number of halogens is 1. The molecule has 0 radical (unpaired) electrons. The molecule has 13 heavy (non-hydrogen) atoms. The van der Waals surface area contributed by atoms with Gasteiger partial charge >= 0.3 is 0 Å². The van der Waals surface area contributed by atoms with E-state index < -0.39 is 0 Å². The SMILES string of the molecule is NC1CC(=Cc2ccc(Br)cn2)C1. The van der Waals surface area contributed by atoms with Gasteiger partial charge in [0.1, 0.15) is 0 Å². The van der Waals surface area contributed by atoms with Gasteiger partial charge in [0, 0.05) is 16.7 Å². The first-order valence-electron chi connectivity index (χ1n) is 4.30. The van der Waals surface area contributed by atoms with Gasteiger partial charge in [-0.25, -0.2) is 0 Å². The summed E-state index contributed by atoms with van der Waals surface area (Å²) in [6.45, 7) is 0. The van der Waals surface area contributed by atoms with Gasteiger partial charge in [0.05, 0.1) is 5.69 Å². The van der Waals surface area contributed by atoms with E-state index in [2.05, 4.69) is 27.0 Å². The van der Waals surface area contributed by atoms with Crippen LogP contribution in [-0.2, 0) is 0 Å². The average Bonchev–Trinajstić information content (AvgIpc) is 2.06. The summed E-state index contributed by atoms with van der Waals surface area (Å²) < 4.78 is 1.01. The van der Waals surface area contributed by atoms with Crippen molar-refractivity contribution in [3.8, 4) is 0 Å². The lowest BCUT2D eigenvalue weighted by Crippen LogP contribution is -2.29.